The molecule has 0 unspecified atom stereocenters. The molecule has 1 amide bonds. The summed E-state index contributed by atoms with van der Waals surface area (Å²) in [6.45, 7) is 2.50. The highest BCUT2D eigenvalue weighted by Gasteiger charge is 2.20. The summed E-state index contributed by atoms with van der Waals surface area (Å²) in [5, 5.41) is 8.53. The fourth-order valence-electron chi connectivity index (χ4n) is 2.79. The summed E-state index contributed by atoms with van der Waals surface area (Å²) < 4.78 is 29.3. The van der Waals surface area contributed by atoms with E-state index in [-0.39, 0.29) is 34.7 Å². The van der Waals surface area contributed by atoms with E-state index in [2.05, 4.69) is 10.2 Å². The van der Waals surface area contributed by atoms with Crippen LogP contribution in [0.4, 0.5) is 0 Å². The number of nitrogens with zero attached hydrogens (tertiary/aromatic N) is 3. The van der Waals surface area contributed by atoms with Gasteiger partial charge >= 0.3 is 0 Å². The van der Waals surface area contributed by atoms with Crippen molar-refractivity contribution in [2.45, 2.75) is 24.8 Å². The molecule has 2 aromatic carbocycles. The van der Waals surface area contributed by atoms with E-state index in [1.807, 2.05) is 13.0 Å². The molecule has 0 bridgehead atoms. The average molecular weight is 434 g/mol. The van der Waals surface area contributed by atoms with Gasteiger partial charge in [-0.15, -0.1) is 10.2 Å². The predicted octanol–water partition coefficient (Wildman–Crippen LogP) is 3.85. The molecule has 29 heavy (non-hydrogen) atoms. The zero-order chi connectivity index (χ0) is 21.0. The minimum absolute atomic E-state index is 0.0959. The number of benzene rings is 2. The molecule has 1 heterocycles. The van der Waals surface area contributed by atoms with Crippen molar-refractivity contribution in [2.24, 2.45) is 0 Å². The predicted molar refractivity (Wildman–Crippen MR) is 109 cm³/mol. The van der Waals surface area contributed by atoms with E-state index in [4.69, 9.17) is 16.0 Å². The molecule has 0 fully saturated rings. The van der Waals surface area contributed by atoms with Gasteiger partial charge in [-0.05, 0) is 36.8 Å². The van der Waals surface area contributed by atoms with Crippen LogP contribution in [0.3, 0.4) is 0 Å². The SMILES string of the molecule is CCCN(Cc1nnc(-c2ccccc2Cl)o1)C(=O)c1cccc(S(C)(=O)=O)c1. The van der Waals surface area contributed by atoms with Gasteiger partial charge in [-0.1, -0.05) is 36.7 Å². The third-order valence-corrected chi connectivity index (χ3v) is 5.63. The zero-order valence-corrected chi connectivity index (χ0v) is 17.6. The van der Waals surface area contributed by atoms with E-state index in [1.165, 1.54) is 12.1 Å². The average Bonchev–Trinajstić information content (AvgIpc) is 3.15. The summed E-state index contributed by atoms with van der Waals surface area (Å²) >= 11 is 6.16. The summed E-state index contributed by atoms with van der Waals surface area (Å²) in [6, 6.07) is 13.1. The van der Waals surface area contributed by atoms with Gasteiger partial charge in [0.05, 0.1) is 22.0 Å². The Kier molecular flexibility index (Phi) is 6.34. The standard InChI is InChI=1S/C20H20ClN3O4S/c1-3-11-24(20(25)14-7-6-8-15(12-14)29(2,26)27)13-18-22-23-19(28-18)16-9-4-5-10-17(16)21/h4-10,12H,3,11,13H2,1-2H3. The minimum Gasteiger partial charge on any atom is -0.419 e. The van der Waals surface area contributed by atoms with E-state index in [0.29, 0.717) is 23.6 Å². The topological polar surface area (TPSA) is 93.4 Å². The van der Waals surface area contributed by atoms with Gasteiger partial charge in [0.1, 0.15) is 0 Å². The quantitative estimate of drug-likeness (QED) is 0.561. The summed E-state index contributed by atoms with van der Waals surface area (Å²) in [5.74, 6) is 0.226. The van der Waals surface area contributed by atoms with Crippen molar-refractivity contribution in [3.63, 3.8) is 0 Å². The molecule has 0 atom stereocenters. The third kappa shape index (κ3) is 5.02. The fourth-order valence-corrected chi connectivity index (χ4v) is 3.67. The molecule has 1 aromatic heterocycles. The van der Waals surface area contributed by atoms with Gasteiger partial charge in [-0.3, -0.25) is 4.79 Å². The number of amides is 1. The van der Waals surface area contributed by atoms with Crippen LogP contribution in [0.2, 0.25) is 5.02 Å². The van der Waals surface area contributed by atoms with Crippen LogP contribution < -0.4 is 0 Å². The van der Waals surface area contributed by atoms with Gasteiger partial charge in [0.25, 0.3) is 5.91 Å². The molecule has 3 rings (SSSR count). The van der Waals surface area contributed by atoms with Crippen LogP contribution in [0, 0.1) is 0 Å². The normalized spacial score (nSPS) is 11.4. The van der Waals surface area contributed by atoms with Crippen LogP contribution in [0.5, 0.6) is 0 Å². The van der Waals surface area contributed by atoms with Crippen molar-refractivity contribution in [2.75, 3.05) is 12.8 Å². The number of aromatic nitrogens is 2. The second kappa shape index (κ2) is 8.75. The smallest absolute Gasteiger partial charge is 0.254 e. The lowest BCUT2D eigenvalue weighted by atomic mass is 10.2. The van der Waals surface area contributed by atoms with Crippen LogP contribution >= 0.6 is 11.6 Å². The van der Waals surface area contributed by atoms with Crippen LogP contribution in [0.1, 0.15) is 29.6 Å². The van der Waals surface area contributed by atoms with E-state index in [0.717, 1.165) is 6.26 Å². The Morgan fingerprint density at radius 3 is 2.59 bits per heavy atom. The molecular weight excluding hydrogens is 414 g/mol. The lowest BCUT2D eigenvalue weighted by molar-refractivity contribution is 0.0728. The van der Waals surface area contributed by atoms with Crippen molar-refractivity contribution in [3.8, 4) is 11.5 Å². The molecule has 0 spiro atoms. The van der Waals surface area contributed by atoms with Gasteiger partial charge in [-0.25, -0.2) is 8.42 Å². The number of sulfone groups is 1. The maximum Gasteiger partial charge on any atom is 0.254 e. The van der Waals surface area contributed by atoms with Crippen molar-refractivity contribution in [1.82, 2.24) is 15.1 Å². The molecule has 0 aliphatic heterocycles. The molecule has 0 N–H and O–H groups in total. The van der Waals surface area contributed by atoms with Crippen LogP contribution in [-0.4, -0.2) is 42.2 Å². The van der Waals surface area contributed by atoms with Gasteiger partial charge in [0.15, 0.2) is 9.84 Å². The largest absolute Gasteiger partial charge is 0.419 e. The first-order valence-corrected chi connectivity index (χ1v) is 11.2. The Balaban J connectivity index is 1.84. The number of halogens is 1. The first kappa shape index (κ1) is 21.0. The lowest BCUT2D eigenvalue weighted by Gasteiger charge is -2.20. The fraction of sp³-hybridized carbons (Fsp3) is 0.250. The molecular formula is C20H20ClN3O4S. The second-order valence-corrected chi connectivity index (χ2v) is 8.93. The Morgan fingerprint density at radius 1 is 1.14 bits per heavy atom. The Labute approximate surface area is 174 Å². The highest BCUT2D eigenvalue weighted by molar-refractivity contribution is 7.90. The van der Waals surface area contributed by atoms with Gasteiger partial charge in [0, 0.05) is 18.4 Å². The van der Waals surface area contributed by atoms with Crippen LogP contribution in [-0.2, 0) is 16.4 Å². The maximum absolute atomic E-state index is 13.0. The van der Waals surface area contributed by atoms with Crippen LogP contribution in [0.25, 0.3) is 11.5 Å². The Morgan fingerprint density at radius 2 is 1.90 bits per heavy atom. The first-order valence-electron chi connectivity index (χ1n) is 8.96. The van der Waals surface area contributed by atoms with Crippen LogP contribution in [0.15, 0.2) is 57.8 Å². The Hall–Kier alpha value is -2.71. The summed E-state index contributed by atoms with van der Waals surface area (Å²) in [6.07, 6.45) is 1.82. The molecule has 152 valence electrons. The van der Waals surface area contributed by atoms with E-state index >= 15 is 0 Å². The van der Waals surface area contributed by atoms with Crippen molar-refractivity contribution in [1.29, 1.82) is 0 Å². The van der Waals surface area contributed by atoms with Crippen molar-refractivity contribution in [3.05, 3.63) is 65.0 Å². The van der Waals surface area contributed by atoms with E-state index in [1.54, 1.807) is 35.2 Å². The second-order valence-electron chi connectivity index (χ2n) is 6.51. The molecule has 0 radical (unpaired) electrons. The highest BCUT2D eigenvalue weighted by Crippen LogP contribution is 2.26. The third-order valence-electron chi connectivity index (χ3n) is 4.19. The number of carbonyl (C=O) groups excluding carboxylic acids is 1. The van der Waals surface area contributed by atoms with Gasteiger partial charge in [-0.2, -0.15) is 0 Å². The summed E-state index contributed by atoms with van der Waals surface area (Å²) in [4.78, 5) is 14.6. The monoisotopic (exact) mass is 433 g/mol. The zero-order valence-electron chi connectivity index (χ0n) is 16.0. The van der Waals surface area contributed by atoms with Crippen molar-refractivity contribution >= 4 is 27.3 Å². The molecule has 0 saturated carbocycles. The number of carbonyl (C=O) groups is 1. The van der Waals surface area contributed by atoms with Gasteiger partial charge in [0.2, 0.25) is 11.8 Å². The highest BCUT2D eigenvalue weighted by atomic mass is 35.5. The number of hydrogen-bond acceptors (Lipinski definition) is 6. The molecule has 7 nitrogen and oxygen atoms in total. The van der Waals surface area contributed by atoms with E-state index in [9.17, 15) is 13.2 Å². The lowest BCUT2D eigenvalue weighted by Crippen LogP contribution is -2.31. The maximum atomic E-state index is 13.0. The summed E-state index contributed by atoms with van der Waals surface area (Å²) in [5.41, 5.74) is 0.898. The molecule has 0 aliphatic rings. The van der Waals surface area contributed by atoms with E-state index < -0.39 is 9.84 Å². The first-order chi connectivity index (χ1) is 13.8. The van der Waals surface area contributed by atoms with Crippen molar-refractivity contribution < 1.29 is 17.6 Å². The molecule has 9 heteroatoms. The number of rotatable bonds is 7. The van der Waals surface area contributed by atoms with Gasteiger partial charge < -0.3 is 9.32 Å². The molecule has 0 saturated heterocycles. The molecule has 3 aromatic rings. The minimum atomic E-state index is -3.41. The number of hydrogen-bond donors (Lipinski definition) is 0. The summed E-state index contributed by atoms with van der Waals surface area (Å²) in [7, 11) is -3.41. The molecule has 0 aliphatic carbocycles. The Bertz CT molecular complexity index is 1130.